The fourth-order valence-electron chi connectivity index (χ4n) is 2.31. The van der Waals surface area contributed by atoms with E-state index < -0.39 is 0 Å². The number of aryl methyl sites for hydroxylation is 1. The molecule has 0 aliphatic carbocycles. The molecule has 2 rings (SSSR count). The maximum atomic E-state index is 5.83. The molecule has 0 spiro atoms. The SMILES string of the molecule is CCCCCCNC(N)=NCc1nnc2n1CCC2. The summed E-state index contributed by atoms with van der Waals surface area (Å²) in [6, 6.07) is 0. The van der Waals surface area contributed by atoms with E-state index in [2.05, 4.69) is 32.0 Å². The molecule has 0 saturated heterocycles. The summed E-state index contributed by atoms with van der Waals surface area (Å²) in [6.07, 6.45) is 7.11. The molecule has 0 amide bonds. The molecule has 1 aliphatic rings. The molecular formula is C13H24N6. The van der Waals surface area contributed by atoms with Crippen LogP contribution in [0.4, 0.5) is 0 Å². The van der Waals surface area contributed by atoms with Gasteiger partial charge in [0.25, 0.3) is 0 Å². The molecule has 1 aliphatic heterocycles. The number of nitrogens with zero attached hydrogens (tertiary/aromatic N) is 4. The van der Waals surface area contributed by atoms with Crippen molar-refractivity contribution in [2.24, 2.45) is 10.7 Å². The number of aromatic nitrogens is 3. The number of nitrogens with two attached hydrogens (primary N) is 1. The molecule has 1 aromatic rings. The van der Waals surface area contributed by atoms with E-state index in [1.807, 2.05) is 0 Å². The Morgan fingerprint density at radius 2 is 2.26 bits per heavy atom. The second-order valence-corrected chi connectivity index (χ2v) is 4.98. The summed E-state index contributed by atoms with van der Waals surface area (Å²) < 4.78 is 2.15. The number of hydrogen-bond acceptors (Lipinski definition) is 3. The first-order valence-corrected chi connectivity index (χ1v) is 7.26. The summed E-state index contributed by atoms with van der Waals surface area (Å²) in [5.41, 5.74) is 5.83. The third kappa shape index (κ3) is 3.94. The lowest BCUT2D eigenvalue weighted by Crippen LogP contribution is -2.32. The number of unbranched alkanes of at least 4 members (excludes halogenated alkanes) is 3. The van der Waals surface area contributed by atoms with Gasteiger partial charge in [-0.15, -0.1) is 10.2 Å². The first kappa shape index (κ1) is 13.8. The third-order valence-electron chi connectivity index (χ3n) is 3.41. The fraction of sp³-hybridized carbons (Fsp3) is 0.769. The summed E-state index contributed by atoms with van der Waals surface area (Å²) in [7, 11) is 0. The monoisotopic (exact) mass is 264 g/mol. The Balaban J connectivity index is 1.72. The van der Waals surface area contributed by atoms with Gasteiger partial charge in [0.15, 0.2) is 11.8 Å². The van der Waals surface area contributed by atoms with Gasteiger partial charge in [-0.05, 0) is 12.8 Å². The summed E-state index contributed by atoms with van der Waals surface area (Å²) in [4.78, 5) is 4.32. The maximum Gasteiger partial charge on any atom is 0.189 e. The minimum Gasteiger partial charge on any atom is -0.370 e. The van der Waals surface area contributed by atoms with Crippen LogP contribution in [0.25, 0.3) is 0 Å². The Kier molecular flexibility index (Phi) is 5.18. The highest BCUT2D eigenvalue weighted by atomic mass is 15.3. The average Bonchev–Trinajstić information content (AvgIpc) is 2.99. The molecule has 19 heavy (non-hydrogen) atoms. The quantitative estimate of drug-likeness (QED) is 0.440. The number of nitrogens with one attached hydrogen (secondary N) is 1. The Labute approximate surface area is 114 Å². The van der Waals surface area contributed by atoms with Crippen molar-refractivity contribution in [3.05, 3.63) is 11.6 Å². The molecule has 0 atom stereocenters. The number of rotatable bonds is 7. The second kappa shape index (κ2) is 7.11. The van der Waals surface area contributed by atoms with E-state index in [9.17, 15) is 0 Å². The van der Waals surface area contributed by atoms with Gasteiger partial charge in [0, 0.05) is 19.5 Å². The first-order valence-electron chi connectivity index (χ1n) is 7.26. The molecule has 6 nitrogen and oxygen atoms in total. The van der Waals surface area contributed by atoms with Gasteiger partial charge in [-0.1, -0.05) is 26.2 Å². The van der Waals surface area contributed by atoms with Crippen molar-refractivity contribution in [3.8, 4) is 0 Å². The van der Waals surface area contributed by atoms with Gasteiger partial charge in [-0.25, -0.2) is 4.99 Å². The van der Waals surface area contributed by atoms with Crippen LogP contribution in [0.2, 0.25) is 0 Å². The van der Waals surface area contributed by atoms with Crippen molar-refractivity contribution in [2.45, 2.75) is 58.5 Å². The lowest BCUT2D eigenvalue weighted by Gasteiger charge is -2.05. The lowest BCUT2D eigenvalue weighted by molar-refractivity contribution is 0.650. The van der Waals surface area contributed by atoms with Crippen LogP contribution in [-0.4, -0.2) is 27.3 Å². The summed E-state index contributed by atoms with van der Waals surface area (Å²) in [5.74, 6) is 2.51. The van der Waals surface area contributed by atoms with Crippen LogP contribution in [0.1, 0.15) is 50.7 Å². The number of aliphatic imine (C=N–C) groups is 1. The first-order chi connectivity index (χ1) is 9.31. The lowest BCUT2D eigenvalue weighted by atomic mass is 10.2. The van der Waals surface area contributed by atoms with Crippen LogP contribution >= 0.6 is 0 Å². The molecule has 0 unspecified atom stereocenters. The molecule has 0 fully saturated rings. The standard InChI is InChI=1S/C13H24N6/c1-2-3-4-5-8-15-13(14)16-10-12-18-17-11-7-6-9-19(11)12/h2-10H2,1H3,(H3,14,15,16). The Bertz CT molecular complexity index is 423. The van der Waals surface area contributed by atoms with E-state index in [1.54, 1.807) is 0 Å². The van der Waals surface area contributed by atoms with Crippen LogP contribution in [0.3, 0.4) is 0 Å². The van der Waals surface area contributed by atoms with Gasteiger partial charge in [0.2, 0.25) is 0 Å². The molecule has 1 aromatic heterocycles. The van der Waals surface area contributed by atoms with Crippen molar-refractivity contribution in [1.82, 2.24) is 20.1 Å². The summed E-state index contributed by atoms with van der Waals surface area (Å²) >= 11 is 0. The predicted octanol–water partition coefficient (Wildman–Crippen LogP) is 1.21. The Morgan fingerprint density at radius 1 is 1.37 bits per heavy atom. The highest BCUT2D eigenvalue weighted by molar-refractivity contribution is 5.77. The molecule has 2 heterocycles. The van der Waals surface area contributed by atoms with Gasteiger partial charge >= 0.3 is 0 Å². The topological polar surface area (TPSA) is 81.1 Å². The Hall–Kier alpha value is -1.59. The molecule has 0 radical (unpaired) electrons. The fourth-order valence-corrected chi connectivity index (χ4v) is 2.31. The molecule has 3 N–H and O–H groups in total. The zero-order chi connectivity index (χ0) is 13.5. The maximum absolute atomic E-state index is 5.83. The molecule has 0 aromatic carbocycles. The van der Waals surface area contributed by atoms with Crippen LogP contribution < -0.4 is 11.1 Å². The molecule has 0 bridgehead atoms. The van der Waals surface area contributed by atoms with Gasteiger partial charge < -0.3 is 15.6 Å². The minimum absolute atomic E-state index is 0.506. The number of fused-ring (bicyclic) bond motifs is 1. The smallest absolute Gasteiger partial charge is 0.189 e. The van der Waals surface area contributed by atoms with Crippen LogP contribution in [-0.2, 0) is 19.5 Å². The zero-order valence-corrected chi connectivity index (χ0v) is 11.7. The highest BCUT2D eigenvalue weighted by Gasteiger charge is 2.16. The van der Waals surface area contributed by atoms with E-state index >= 15 is 0 Å². The van der Waals surface area contributed by atoms with Crippen LogP contribution in [0.15, 0.2) is 4.99 Å². The van der Waals surface area contributed by atoms with Gasteiger partial charge in [0.05, 0.1) is 0 Å². The van der Waals surface area contributed by atoms with Crippen LogP contribution in [0.5, 0.6) is 0 Å². The van der Waals surface area contributed by atoms with Crippen molar-refractivity contribution in [1.29, 1.82) is 0 Å². The van der Waals surface area contributed by atoms with Gasteiger partial charge in [-0.3, -0.25) is 0 Å². The third-order valence-corrected chi connectivity index (χ3v) is 3.41. The Morgan fingerprint density at radius 3 is 3.11 bits per heavy atom. The second-order valence-electron chi connectivity index (χ2n) is 4.98. The summed E-state index contributed by atoms with van der Waals surface area (Å²) in [6.45, 7) is 4.63. The molecular weight excluding hydrogens is 240 g/mol. The van der Waals surface area contributed by atoms with E-state index in [0.29, 0.717) is 12.5 Å². The average molecular weight is 264 g/mol. The number of guanidine groups is 1. The minimum atomic E-state index is 0.506. The van der Waals surface area contributed by atoms with E-state index in [0.717, 1.165) is 44.0 Å². The van der Waals surface area contributed by atoms with Gasteiger partial charge in [-0.2, -0.15) is 0 Å². The van der Waals surface area contributed by atoms with Gasteiger partial charge in [0.1, 0.15) is 12.4 Å². The summed E-state index contributed by atoms with van der Waals surface area (Å²) in [5, 5.41) is 11.4. The van der Waals surface area contributed by atoms with E-state index in [1.165, 1.54) is 19.3 Å². The molecule has 106 valence electrons. The highest BCUT2D eigenvalue weighted by Crippen LogP contribution is 2.14. The molecule has 6 heteroatoms. The zero-order valence-electron chi connectivity index (χ0n) is 11.7. The largest absolute Gasteiger partial charge is 0.370 e. The van der Waals surface area contributed by atoms with Crippen LogP contribution in [0, 0.1) is 0 Å². The normalized spacial score (nSPS) is 14.7. The predicted molar refractivity (Wildman–Crippen MR) is 75.8 cm³/mol. The van der Waals surface area contributed by atoms with Crippen molar-refractivity contribution < 1.29 is 0 Å². The van der Waals surface area contributed by atoms with E-state index in [-0.39, 0.29) is 0 Å². The van der Waals surface area contributed by atoms with E-state index in [4.69, 9.17) is 5.73 Å². The van der Waals surface area contributed by atoms with Crippen molar-refractivity contribution in [2.75, 3.05) is 6.54 Å². The molecule has 0 saturated carbocycles. The van der Waals surface area contributed by atoms with Crippen molar-refractivity contribution >= 4 is 5.96 Å². The van der Waals surface area contributed by atoms with Crippen molar-refractivity contribution in [3.63, 3.8) is 0 Å². The number of hydrogen-bond donors (Lipinski definition) is 2.